The Labute approximate surface area is 87.4 Å². The summed E-state index contributed by atoms with van der Waals surface area (Å²) in [5.41, 5.74) is 8.71. The molecule has 2 aromatic rings. The van der Waals surface area contributed by atoms with E-state index in [9.17, 15) is 0 Å². The first-order valence-electron chi connectivity index (χ1n) is 4.47. The van der Waals surface area contributed by atoms with Crippen molar-refractivity contribution in [3.8, 4) is 10.6 Å². The van der Waals surface area contributed by atoms with E-state index in [-0.39, 0.29) is 0 Å². The molecule has 0 spiro atoms. The van der Waals surface area contributed by atoms with Crippen LogP contribution in [-0.4, -0.2) is 4.98 Å². The maximum atomic E-state index is 5.72. The molecule has 1 heterocycles. The lowest BCUT2D eigenvalue weighted by atomic mass is 10.2. The molecule has 2 nitrogen and oxygen atoms in total. The van der Waals surface area contributed by atoms with E-state index in [1.54, 1.807) is 11.3 Å². The zero-order valence-electron chi connectivity index (χ0n) is 8.24. The first kappa shape index (κ1) is 9.21. The van der Waals surface area contributed by atoms with Crippen LogP contribution in [0.2, 0.25) is 0 Å². The van der Waals surface area contributed by atoms with Crippen LogP contribution in [0.4, 0.5) is 5.69 Å². The Kier molecular flexibility index (Phi) is 2.25. The summed E-state index contributed by atoms with van der Waals surface area (Å²) in [7, 11) is 0. The van der Waals surface area contributed by atoms with Gasteiger partial charge in [0.1, 0.15) is 5.01 Å². The Bertz CT molecular complexity index is 441. The third kappa shape index (κ3) is 1.63. The molecule has 2 N–H and O–H groups in total. The number of hydrogen-bond donors (Lipinski definition) is 1. The van der Waals surface area contributed by atoms with E-state index >= 15 is 0 Å². The van der Waals surface area contributed by atoms with Gasteiger partial charge in [0, 0.05) is 16.1 Å². The number of rotatable bonds is 1. The van der Waals surface area contributed by atoms with E-state index in [2.05, 4.69) is 11.9 Å². The molecular weight excluding hydrogens is 192 g/mol. The van der Waals surface area contributed by atoms with Crippen molar-refractivity contribution in [3.63, 3.8) is 0 Å². The number of nitrogens with two attached hydrogens (primary N) is 1. The second-order valence-electron chi connectivity index (χ2n) is 3.29. The Morgan fingerprint density at radius 2 is 2.07 bits per heavy atom. The molecule has 1 aromatic heterocycles. The van der Waals surface area contributed by atoms with Gasteiger partial charge in [0.25, 0.3) is 0 Å². The fourth-order valence-electron chi connectivity index (χ4n) is 1.27. The molecule has 0 bridgehead atoms. The number of nitrogens with zero attached hydrogens (tertiary/aromatic N) is 1. The molecule has 0 saturated carbocycles. The van der Waals surface area contributed by atoms with Gasteiger partial charge >= 0.3 is 0 Å². The van der Waals surface area contributed by atoms with Gasteiger partial charge in [-0.15, -0.1) is 11.3 Å². The normalized spacial score (nSPS) is 10.4. The number of aryl methyl sites for hydroxylation is 2. The van der Waals surface area contributed by atoms with Crippen molar-refractivity contribution in [3.05, 3.63) is 34.8 Å². The maximum Gasteiger partial charge on any atom is 0.123 e. The van der Waals surface area contributed by atoms with Gasteiger partial charge in [-0.2, -0.15) is 0 Å². The Hall–Kier alpha value is -1.35. The van der Waals surface area contributed by atoms with Gasteiger partial charge < -0.3 is 5.73 Å². The van der Waals surface area contributed by atoms with Crippen molar-refractivity contribution in [1.29, 1.82) is 0 Å². The topological polar surface area (TPSA) is 38.9 Å². The highest BCUT2D eigenvalue weighted by Crippen LogP contribution is 2.27. The van der Waals surface area contributed by atoms with Gasteiger partial charge in [0.2, 0.25) is 0 Å². The standard InChI is InChI=1S/C11H12N2S/c1-7-8(2)14-11(13-7)9-4-3-5-10(12)6-9/h3-6H,12H2,1-2H3. The molecule has 0 unspecified atom stereocenters. The molecule has 0 aliphatic heterocycles. The highest BCUT2D eigenvalue weighted by Gasteiger charge is 2.05. The zero-order chi connectivity index (χ0) is 10.1. The van der Waals surface area contributed by atoms with Gasteiger partial charge in [0.15, 0.2) is 0 Å². The third-order valence-corrected chi connectivity index (χ3v) is 3.28. The lowest BCUT2D eigenvalue weighted by Crippen LogP contribution is -1.84. The Morgan fingerprint density at radius 1 is 1.29 bits per heavy atom. The molecule has 0 radical (unpaired) electrons. The minimum Gasteiger partial charge on any atom is -0.399 e. The van der Waals surface area contributed by atoms with Crippen molar-refractivity contribution in [1.82, 2.24) is 4.98 Å². The average molecular weight is 204 g/mol. The van der Waals surface area contributed by atoms with Gasteiger partial charge in [-0.25, -0.2) is 4.98 Å². The molecule has 72 valence electrons. The van der Waals surface area contributed by atoms with Crippen LogP contribution >= 0.6 is 11.3 Å². The minimum absolute atomic E-state index is 0.785. The summed E-state index contributed by atoms with van der Waals surface area (Å²) in [6, 6.07) is 7.83. The van der Waals surface area contributed by atoms with Crippen molar-refractivity contribution in [2.75, 3.05) is 5.73 Å². The van der Waals surface area contributed by atoms with Crippen LogP contribution in [0.1, 0.15) is 10.6 Å². The molecule has 1 aromatic carbocycles. The molecule has 0 aliphatic rings. The smallest absolute Gasteiger partial charge is 0.123 e. The number of thiazole rings is 1. The van der Waals surface area contributed by atoms with Crippen LogP contribution < -0.4 is 5.73 Å². The SMILES string of the molecule is Cc1nc(-c2cccc(N)c2)sc1C. The predicted octanol–water partition coefficient (Wildman–Crippen LogP) is 3.01. The van der Waals surface area contributed by atoms with E-state index in [0.717, 1.165) is 22.0 Å². The van der Waals surface area contributed by atoms with Crippen molar-refractivity contribution >= 4 is 17.0 Å². The Balaban J connectivity index is 2.49. The predicted molar refractivity (Wildman–Crippen MR) is 61.4 cm³/mol. The number of nitrogen functional groups attached to an aromatic ring is 1. The van der Waals surface area contributed by atoms with E-state index in [1.807, 2.05) is 31.2 Å². The monoisotopic (exact) mass is 204 g/mol. The molecule has 0 aliphatic carbocycles. The Morgan fingerprint density at radius 3 is 2.64 bits per heavy atom. The number of hydrogen-bond acceptors (Lipinski definition) is 3. The van der Waals surface area contributed by atoms with Crippen molar-refractivity contribution in [2.24, 2.45) is 0 Å². The van der Waals surface area contributed by atoms with Crippen LogP contribution in [0.15, 0.2) is 24.3 Å². The summed E-state index contributed by atoms with van der Waals surface area (Å²) in [5.74, 6) is 0. The second-order valence-corrected chi connectivity index (χ2v) is 4.49. The summed E-state index contributed by atoms with van der Waals surface area (Å²) >= 11 is 1.71. The lowest BCUT2D eigenvalue weighted by Gasteiger charge is -1.96. The van der Waals surface area contributed by atoms with Gasteiger partial charge in [-0.3, -0.25) is 0 Å². The number of benzene rings is 1. The highest BCUT2D eigenvalue weighted by molar-refractivity contribution is 7.15. The zero-order valence-corrected chi connectivity index (χ0v) is 9.06. The molecule has 2 rings (SSSR count). The van der Waals surface area contributed by atoms with Crippen LogP contribution in [0.3, 0.4) is 0 Å². The first-order chi connectivity index (χ1) is 6.66. The largest absolute Gasteiger partial charge is 0.399 e. The van der Waals surface area contributed by atoms with Gasteiger partial charge in [0.05, 0.1) is 5.69 Å². The quantitative estimate of drug-likeness (QED) is 0.725. The van der Waals surface area contributed by atoms with Crippen LogP contribution in [0, 0.1) is 13.8 Å². The fraction of sp³-hybridized carbons (Fsp3) is 0.182. The van der Waals surface area contributed by atoms with E-state index < -0.39 is 0 Å². The van der Waals surface area contributed by atoms with E-state index in [0.29, 0.717) is 0 Å². The summed E-state index contributed by atoms with van der Waals surface area (Å²) in [5, 5.41) is 1.05. The third-order valence-electron chi connectivity index (χ3n) is 2.16. The highest BCUT2D eigenvalue weighted by atomic mass is 32.1. The minimum atomic E-state index is 0.785. The molecule has 3 heteroatoms. The lowest BCUT2D eigenvalue weighted by molar-refractivity contribution is 1.23. The molecule has 0 amide bonds. The molecule has 14 heavy (non-hydrogen) atoms. The molecule has 0 fully saturated rings. The van der Waals surface area contributed by atoms with Crippen molar-refractivity contribution < 1.29 is 0 Å². The summed E-state index contributed by atoms with van der Waals surface area (Å²) in [6.07, 6.45) is 0. The summed E-state index contributed by atoms with van der Waals surface area (Å²) < 4.78 is 0. The van der Waals surface area contributed by atoms with Crippen LogP contribution in [-0.2, 0) is 0 Å². The van der Waals surface area contributed by atoms with E-state index in [1.165, 1.54) is 4.88 Å². The number of aromatic nitrogens is 1. The molecule has 0 atom stereocenters. The summed E-state index contributed by atoms with van der Waals surface area (Å²) in [4.78, 5) is 5.75. The fourth-order valence-corrected chi connectivity index (χ4v) is 2.18. The van der Waals surface area contributed by atoms with Gasteiger partial charge in [-0.05, 0) is 26.0 Å². The second kappa shape index (κ2) is 3.42. The number of anilines is 1. The average Bonchev–Trinajstić information content (AvgIpc) is 2.47. The van der Waals surface area contributed by atoms with Gasteiger partial charge in [-0.1, -0.05) is 12.1 Å². The molecular formula is C11H12N2S. The van der Waals surface area contributed by atoms with Crippen molar-refractivity contribution in [2.45, 2.75) is 13.8 Å². The van der Waals surface area contributed by atoms with E-state index in [4.69, 9.17) is 5.73 Å². The maximum absolute atomic E-state index is 5.72. The van der Waals surface area contributed by atoms with Crippen LogP contribution in [0.25, 0.3) is 10.6 Å². The summed E-state index contributed by atoms with van der Waals surface area (Å²) in [6.45, 7) is 4.12. The van der Waals surface area contributed by atoms with Crippen LogP contribution in [0.5, 0.6) is 0 Å². The first-order valence-corrected chi connectivity index (χ1v) is 5.28. The molecule has 0 saturated heterocycles.